The zero-order valence-electron chi connectivity index (χ0n) is 42.0. The van der Waals surface area contributed by atoms with Gasteiger partial charge in [0.05, 0.1) is 64.9 Å². The summed E-state index contributed by atoms with van der Waals surface area (Å²) < 4.78 is 32.1. The van der Waals surface area contributed by atoms with Crippen LogP contribution < -0.4 is 30.7 Å². The Hall–Kier alpha value is -5.86. The average Bonchev–Trinajstić information content (AvgIpc) is 3.96. The number of thiazole rings is 1. The minimum absolute atomic E-state index is 0.0159. The number of nitrogens with one attached hydrogen (secondary N) is 5. The summed E-state index contributed by atoms with van der Waals surface area (Å²) in [5, 5.41) is 23.3. The second-order valence-corrected chi connectivity index (χ2v) is 22.8. The van der Waals surface area contributed by atoms with Crippen LogP contribution in [0.2, 0.25) is 5.02 Å². The molecule has 2 aliphatic rings. The molecule has 3 aromatic carbocycles. The molecule has 0 aliphatic carbocycles. The number of unbranched alkanes of at least 4 members (excludes halogenated alkanes) is 2. The fourth-order valence-electron chi connectivity index (χ4n) is 9.25. The number of piperidine rings is 1. The monoisotopic (exact) mass is 1040 g/mol. The molecule has 0 unspecified atom stereocenters. The highest BCUT2D eigenvalue weighted by Crippen LogP contribution is 2.37. The molecule has 0 saturated carbocycles. The van der Waals surface area contributed by atoms with Gasteiger partial charge >= 0.3 is 0 Å². The Labute approximate surface area is 432 Å². The second-order valence-electron chi connectivity index (χ2n) is 19.8. The van der Waals surface area contributed by atoms with E-state index in [0.29, 0.717) is 35.2 Å². The van der Waals surface area contributed by atoms with Gasteiger partial charge in [-0.1, -0.05) is 81.3 Å². The average molecular weight is 1040 g/mol. The summed E-state index contributed by atoms with van der Waals surface area (Å²) in [6, 6.07) is 18.8. The van der Waals surface area contributed by atoms with Crippen LogP contribution in [0.3, 0.4) is 0 Å². The van der Waals surface area contributed by atoms with E-state index in [2.05, 4.69) is 51.9 Å². The van der Waals surface area contributed by atoms with Crippen LogP contribution >= 0.6 is 22.9 Å². The number of ether oxygens (including phenoxy) is 1. The number of carbonyl (C=O) groups excluding carboxylic acids is 3. The van der Waals surface area contributed by atoms with Gasteiger partial charge in [-0.25, -0.2) is 18.4 Å². The Morgan fingerprint density at radius 2 is 1.67 bits per heavy atom. The number of anilines is 5. The number of likely N-dealkylation sites (tertiary alicyclic amines) is 2. The molecule has 2 aliphatic heterocycles. The third kappa shape index (κ3) is 14.2. The van der Waals surface area contributed by atoms with Crippen LogP contribution in [0.4, 0.5) is 28.8 Å². The fourth-order valence-corrected chi connectivity index (χ4v) is 10.8. The lowest BCUT2D eigenvalue weighted by Gasteiger charge is -2.35. The van der Waals surface area contributed by atoms with Gasteiger partial charge in [-0.2, -0.15) is 4.98 Å². The van der Waals surface area contributed by atoms with Crippen LogP contribution in [0.1, 0.15) is 101 Å². The SMILES string of the molecule is COc1cc(C2CCN(CCCCCC(=O)N[C@H](C(=O)N3C[C@H](O)C[C@H]3C(=O)N[C@@H](C)c3ccc(-c4scnc4C)cc3)C(C)(C)C)CC2)ccc1Nc1ncc(Cl)c(Nc2ccccc2NS(C)(=O)=O)n1. The summed E-state index contributed by atoms with van der Waals surface area (Å²) in [5.41, 5.74) is 6.79. The number of methoxy groups -OCH3 is 1. The molecule has 72 heavy (non-hydrogen) atoms. The topological polar surface area (TPSA) is 220 Å². The summed E-state index contributed by atoms with van der Waals surface area (Å²) in [6.45, 7) is 12.4. The van der Waals surface area contributed by atoms with Crippen LogP contribution in [0.5, 0.6) is 5.75 Å². The molecule has 7 rings (SSSR count). The van der Waals surface area contributed by atoms with Crippen molar-refractivity contribution in [2.75, 3.05) is 54.9 Å². The first-order valence-electron chi connectivity index (χ1n) is 24.4. The Balaban J connectivity index is 0.844. The summed E-state index contributed by atoms with van der Waals surface area (Å²) in [6.07, 6.45) is 6.55. The van der Waals surface area contributed by atoms with Gasteiger partial charge in [0.25, 0.3) is 0 Å². The molecule has 2 aromatic heterocycles. The highest BCUT2D eigenvalue weighted by atomic mass is 35.5. The van der Waals surface area contributed by atoms with Gasteiger partial charge < -0.3 is 40.9 Å². The molecule has 2 fully saturated rings. The normalized spacial score (nSPS) is 17.5. The molecule has 0 bridgehead atoms. The van der Waals surface area contributed by atoms with Crippen molar-refractivity contribution < 1.29 is 32.6 Å². The van der Waals surface area contributed by atoms with Crippen molar-refractivity contribution >= 4 is 79.5 Å². The molecular formula is C52H67ClN10O7S2. The largest absolute Gasteiger partial charge is 0.495 e. The first-order chi connectivity index (χ1) is 34.3. The number of para-hydroxylation sites is 2. The first-order valence-corrected chi connectivity index (χ1v) is 27.5. The van der Waals surface area contributed by atoms with Crippen LogP contribution in [-0.2, 0) is 24.4 Å². The summed E-state index contributed by atoms with van der Waals surface area (Å²) in [7, 11) is -1.90. The Morgan fingerprint density at radius 1 is 0.944 bits per heavy atom. The molecule has 386 valence electrons. The van der Waals surface area contributed by atoms with Crippen molar-refractivity contribution in [2.24, 2.45) is 5.41 Å². The van der Waals surface area contributed by atoms with E-state index in [1.54, 1.807) is 42.7 Å². The number of β-amino-alcohol motifs (C(OH)–C–C–N with tert-alkyl or cyclic N) is 1. The van der Waals surface area contributed by atoms with Gasteiger partial charge in [-0.05, 0) is 111 Å². The number of benzene rings is 3. The summed E-state index contributed by atoms with van der Waals surface area (Å²) in [5.74, 6) is 0.621. The lowest BCUT2D eigenvalue weighted by atomic mass is 9.85. The van der Waals surface area contributed by atoms with E-state index in [1.807, 2.05) is 76.5 Å². The maximum Gasteiger partial charge on any atom is 0.246 e. The molecule has 0 radical (unpaired) electrons. The number of aliphatic hydroxyl groups is 1. The van der Waals surface area contributed by atoms with E-state index < -0.39 is 33.6 Å². The quantitative estimate of drug-likeness (QED) is 0.0403. The van der Waals surface area contributed by atoms with E-state index in [4.69, 9.17) is 16.3 Å². The van der Waals surface area contributed by atoms with Crippen LogP contribution in [0.15, 0.2) is 78.4 Å². The number of hydrogen-bond acceptors (Lipinski definition) is 14. The standard InChI is InChI=1S/C52H67ClN10O7S2/c1-32(34-16-18-36(19-17-34)46-33(2)55-31-71-46)56-49(66)43-28-38(64)30-63(43)50(67)47(52(3,4)5)59-45(65)15-9-8-12-24-62-25-22-35(23-26-62)37-20-21-42(44(27-37)70-6)58-51-54-29-39(53)48(60-51)57-40-13-10-11-14-41(40)61-72(7,68)69/h10-11,13-14,16-21,27,29,31-32,35,38,43,47,61,64H,8-9,12,15,22-26,28,30H2,1-7H3,(H,56,66)(H,59,65)(H2,54,57,58,60)/t32-,38+,43-,47+/m0/s1. The lowest BCUT2D eigenvalue weighted by Crippen LogP contribution is -2.57. The molecule has 2 saturated heterocycles. The second kappa shape index (κ2) is 23.8. The van der Waals surface area contributed by atoms with Gasteiger partial charge in [0.1, 0.15) is 22.9 Å². The van der Waals surface area contributed by atoms with E-state index >= 15 is 0 Å². The molecule has 20 heteroatoms. The van der Waals surface area contributed by atoms with Gasteiger partial charge in [-0.15, -0.1) is 11.3 Å². The molecule has 17 nitrogen and oxygen atoms in total. The number of carbonyl (C=O) groups is 3. The molecule has 4 heterocycles. The highest BCUT2D eigenvalue weighted by molar-refractivity contribution is 7.92. The molecular weight excluding hydrogens is 976 g/mol. The minimum atomic E-state index is -3.52. The smallest absolute Gasteiger partial charge is 0.246 e. The Kier molecular flexibility index (Phi) is 17.8. The van der Waals surface area contributed by atoms with Crippen LogP contribution in [0, 0.1) is 12.3 Å². The highest BCUT2D eigenvalue weighted by Gasteiger charge is 2.44. The molecule has 3 amide bonds. The number of aliphatic hydroxyl groups excluding tert-OH is 1. The third-order valence-corrected chi connectivity index (χ3v) is 15.0. The van der Waals surface area contributed by atoms with Crippen LogP contribution in [0.25, 0.3) is 10.4 Å². The van der Waals surface area contributed by atoms with Crippen LogP contribution in [-0.4, -0.2) is 114 Å². The van der Waals surface area contributed by atoms with Crippen molar-refractivity contribution in [1.29, 1.82) is 0 Å². The van der Waals surface area contributed by atoms with Gasteiger partial charge in [0, 0.05) is 19.4 Å². The number of halogens is 1. The first kappa shape index (κ1) is 53.9. The molecule has 5 aromatic rings. The number of hydrogen-bond donors (Lipinski definition) is 6. The molecule has 6 N–H and O–H groups in total. The van der Waals surface area contributed by atoms with Crippen molar-refractivity contribution in [1.82, 2.24) is 35.4 Å². The maximum absolute atomic E-state index is 14.2. The Morgan fingerprint density at radius 3 is 2.33 bits per heavy atom. The molecule has 0 spiro atoms. The maximum atomic E-state index is 14.2. The number of rotatable bonds is 20. The Bertz CT molecular complexity index is 2800. The number of nitrogens with zero attached hydrogens (tertiary/aromatic N) is 5. The van der Waals surface area contributed by atoms with Crippen molar-refractivity contribution in [3.63, 3.8) is 0 Å². The predicted molar refractivity (Wildman–Crippen MR) is 285 cm³/mol. The zero-order chi connectivity index (χ0) is 51.7. The van der Waals surface area contributed by atoms with Gasteiger partial charge in [0.15, 0.2) is 5.82 Å². The lowest BCUT2D eigenvalue weighted by molar-refractivity contribution is -0.144. The molecule has 4 atom stereocenters. The van der Waals surface area contributed by atoms with Crippen molar-refractivity contribution in [2.45, 2.75) is 110 Å². The van der Waals surface area contributed by atoms with Crippen molar-refractivity contribution in [3.8, 4) is 16.2 Å². The zero-order valence-corrected chi connectivity index (χ0v) is 44.4. The third-order valence-electron chi connectivity index (χ3n) is 13.2. The fraction of sp³-hybridized carbons (Fsp3) is 0.462. The van der Waals surface area contributed by atoms with Crippen molar-refractivity contribution in [3.05, 3.63) is 100 Å². The number of amides is 3. The van der Waals surface area contributed by atoms with E-state index in [0.717, 1.165) is 73.3 Å². The van der Waals surface area contributed by atoms with E-state index in [9.17, 15) is 27.9 Å². The number of aryl methyl sites for hydroxylation is 1. The number of sulfonamides is 1. The summed E-state index contributed by atoms with van der Waals surface area (Å²) >= 11 is 8.02. The predicted octanol–water partition coefficient (Wildman–Crippen LogP) is 8.54. The van der Waals surface area contributed by atoms with E-state index in [-0.39, 0.29) is 59.9 Å². The van der Waals surface area contributed by atoms with E-state index in [1.165, 1.54) is 16.7 Å². The summed E-state index contributed by atoms with van der Waals surface area (Å²) in [4.78, 5) is 59.5. The van der Waals surface area contributed by atoms with Gasteiger partial charge in [-0.3, -0.25) is 19.1 Å². The minimum Gasteiger partial charge on any atom is -0.495 e. The van der Waals surface area contributed by atoms with Gasteiger partial charge in [0.2, 0.25) is 33.7 Å². The number of aromatic nitrogens is 3.